The maximum atomic E-state index is 12.9. The molecule has 3 aromatic heterocycles. The molecule has 0 saturated carbocycles. The summed E-state index contributed by atoms with van der Waals surface area (Å²) >= 11 is 0. The number of hydrogen-bond donors (Lipinski definition) is 1. The summed E-state index contributed by atoms with van der Waals surface area (Å²) in [6.07, 6.45) is 4.80. The Labute approximate surface area is 158 Å². The topological polar surface area (TPSA) is 76.2 Å². The smallest absolute Gasteiger partial charge is 0.276 e. The van der Waals surface area contributed by atoms with Gasteiger partial charge < -0.3 is 19.3 Å². The van der Waals surface area contributed by atoms with Crippen molar-refractivity contribution in [3.8, 4) is 0 Å². The molecule has 7 heteroatoms. The van der Waals surface area contributed by atoms with Crippen molar-refractivity contribution in [3.05, 3.63) is 65.9 Å². The van der Waals surface area contributed by atoms with Gasteiger partial charge in [0, 0.05) is 43.8 Å². The van der Waals surface area contributed by atoms with Crippen molar-refractivity contribution in [3.63, 3.8) is 0 Å². The second-order valence-electron chi connectivity index (χ2n) is 6.96. The Morgan fingerprint density at radius 2 is 2.22 bits per heavy atom. The van der Waals surface area contributed by atoms with E-state index >= 15 is 0 Å². The van der Waals surface area contributed by atoms with Crippen molar-refractivity contribution in [2.24, 2.45) is 5.92 Å². The Balaban J connectivity index is 1.46. The van der Waals surface area contributed by atoms with E-state index in [9.17, 15) is 4.79 Å². The Bertz CT molecular complexity index is 902. The van der Waals surface area contributed by atoms with Gasteiger partial charge in [-0.05, 0) is 43.5 Å². The fourth-order valence-electron chi connectivity index (χ4n) is 3.52. The maximum Gasteiger partial charge on any atom is 0.276 e. The summed E-state index contributed by atoms with van der Waals surface area (Å²) in [5.41, 5.74) is 1.52. The summed E-state index contributed by atoms with van der Waals surface area (Å²) < 4.78 is 7.33. The summed E-state index contributed by atoms with van der Waals surface area (Å²) in [6.45, 7) is 4.78. The minimum absolute atomic E-state index is 0.0795. The van der Waals surface area contributed by atoms with Gasteiger partial charge in [0.15, 0.2) is 5.69 Å². The molecule has 140 valence electrons. The molecule has 0 saturated heterocycles. The molecular weight excluding hydrogens is 342 g/mol. The highest BCUT2D eigenvalue weighted by molar-refractivity contribution is 5.92. The summed E-state index contributed by atoms with van der Waals surface area (Å²) in [6, 6.07) is 11.6. The van der Waals surface area contributed by atoms with E-state index in [0.29, 0.717) is 30.5 Å². The van der Waals surface area contributed by atoms with E-state index in [4.69, 9.17) is 4.52 Å². The number of anilines is 1. The molecule has 27 heavy (non-hydrogen) atoms. The van der Waals surface area contributed by atoms with Crippen LogP contribution in [0.4, 0.5) is 5.82 Å². The van der Waals surface area contributed by atoms with Crippen LogP contribution >= 0.6 is 0 Å². The summed E-state index contributed by atoms with van der Waals surface area (Å²) in [5.74, 6) is 1.78. The first-order chi connectivity index (χ1) is 13.2. The summed E-state index contributed by atoms with van der Waals surface area (Å²) in [4.78, 5) is 19.1. The van der Waals surface area contributed by atoms with Crippen LogP contribution in [0.2, 0.25) is 0 Å². The predicted molar refractivity (Wildman–Crippen MR) is 101 cm³/mol. The maximum absolute atomic E-state index is 12.9. The molecule has 0 aliphatic carbocycles. The number of amides is 1. The second kappa shape index (κ2) is 7.65. The molecule has 1 N–H and O–H groups in total. The highest BCUT2D eigenvalue weighted by atomic mass is 16.5. The number of nitrogens with zero attached hydrogens (tertiary/aromatic N) is 4. The van der Waals surface area contributed by atoms with Gasteiger partial charge >= 0.3 is 0 Å². The van der Waals surface area contributed by atoms with Crippen LogP contribution < -0.4 is 5.32 Å². The van der Waals surface area contributed by atoms with Crippen molar-refractivity contribution >= 4 is 11.7 Å². The highest BCUT2D eigenvalue weighted by Crippen LogP contribution is 2.21. The molecule has 4 rings (SSSR count). The Kier molecular flexibility index (Phi) is 4.91. The van der Waals surface area contributed by atoms with Gasteiger partial charge in [-0.25, -0.2) is 4.98 Å². The van der Waals surface area contributed by atoms with E-state index in [1.165, 1.54) is 0 Å². The van der Waals surface area contributed by atoms with Gasteiger partial charge in [0.1, 0.15) is 11.6 Å². The normalized spacial score (nSPS) is 16.6. The number of aryl methyl sites for hydroxylation is 1. The molecule has 1 unspecified atom stereocenters. The number of hydrogen-bond acceptors (Lipinski definition) is 5. The molecule has 0 spiro atoms. The third-order valence-corrected chi connectivity index (χ3v) is 4.87. The Morgan fingerprint density at radius 1 is 1.30 bits per heavy atom. The van der Waals surface area contributed by atoms with Crippen LogP contribution in [0.15, 0.2) is 53.3 Å². The molecule has 1 atom stereocenters. The second-order valence-corrected chi connectivity index (χ2v) is 6.96. The van der Waals surface area contributed by atoms with Crippen LogP contribution in [0.1, 0.15) is 28.4 Å². The Hall–Kier alpha value is -3.09. The van der Waals surface area contributed by atoms with E-state index < -0.39 is 0 Å². The van der Waals surface area contributed by atoms with Crippen LogP contribution in [-0.2, 0) is 13.1 Å². The molecule has 1 aliphatic heterocycles. The van der Waals surface area contributed by atoms with Gasteiger partial charge in [-0.15, -0.1) is 0 Å². The van der Waals surface area contributed by atoms with Gasteiger partial charge in [0.25, 0.3) is 5.91 Å². The zero-order chi connectivity index (χ0) is 18.6. The molecule has 3 aromatic rings. The van der Waals surface area contributed by atoms with Crippen LogP contribution in [0.25, 0.3) is 0 Å². The molecule has 0 bridgehead atoms. The average molecular weight is 365 g/mol. The first-order valence-electron chi connectivity index (χ1n) is 9.20. The lowest BCUT2D eigenvalue weighted by molar-refractivity contribution is 0.0709. The lowest BCUT2D eigenvalue weighted by Crippen LogP contribution is -2.34. The van der Waals surface area contributed by atoms with Crippen molar-refractivity contribution in [2.45, 2.75) is 26.4 Å². The average Bonchev–Trinajstić information content (AvgIpc) is 3.26. The van der Waals surface area contributed by atoms with E-state index in [0.717, 1.165) is 31.0 Å². The monoisotopic (exact) mass is 365 g/mol. The first-order valence-corrected chi connectivity index (χ1v) is 9.20. The standard InChI is InChI=1S/C20H23N5O2/c1-15-11-18(23-27-15)20(26)25-13-16(12-24-10-4-5-17(24)14-25)7-9-22-19-6-2-3-8-21-19/h2-6,8,10-11,16H,7,9,12-14H2,1H3,(H,21,22). The van der Waals surface area contributed by atoms with Crippen molar-refractivity contribution < 1.29 is 9.32 Å². The van der Waals surface area contributed by atoms with Crippen LogP contribution in [0, 0.1) is 12.8 Å². The highest BCUT2D eigenvalue weighted by Gasteiger charge is 2.27. The molecule has 0 aromatic carbocycles. The number of carbonyl (C=O) groups is 1. The molecule has 0 fully saturated rings. The number of fused-ring (bicyclic) bond motifs is 1. The van der Waals surface area contributed by atoms with Gasteiger partial charge in [-0.3, -0.25) is 4.79 Å². The van der Waals surface area contributed by atoms with E-state index in [-0.39, 0.29) is 5.91 Å². The lowest BCUT2D eigenvalue weighted by Gasteiger charge is -2.23. The number of aromatic nitrogens is 3. The molecule has 7 nitrogen and oxygen atoms in total. The molecular formula is C20H23N5O2. The number of pyridine rings is 1. The largest absolute Gasteiger partial charge is 0.370 e. The molecule has 1 aliphatic rings. The SMILES string of the molecule is Cc1cc(C(=O)N2Cc3cccn3CC(CCNc3ccccn3)C2)no1. The molecule has 0 radical (unpaired) electrons. The van der Waals surface area contributed by atoms with E-state index in [2.05, 4.69) is 32.3 Å². The predicted octanol–water partition coefficient (Wildman–Crippen LogP) is 2.95. The summed E-state index contributed by atoms with van der Waals surface area (Å²) in [5, 5.41) is 7.26. The van der Waals surface area contributed by atoms with E-state index in [1.807, 2.05) is 29.2 Å². The minimum Gasteiger partial charge on any atom is -0.370 e. The fourth-order valence-corrected chi connectivity index (χ4v) is 3.52. The van der Waals surface area contributed by atoms with Gasteiger partial charge in [-0.1, -0.05) is 11.2 Å². The summed E-state index contributed by atoms with van der Waals surface area (Å²) in [7, 11) is 0. The zero-order valence-electron chi connectivity index (χ0n) is 15.3. The van der Waals surface area contributed by atoms with Gasteiger partial charge in [0.05, 0.1) is 6.54 Å². The zero-order valence-corrected chi connectivity index (χ0v) is 15.3. The molecule has 1 amide bonds. The van der Waals surface area contributed by atoms with Crippen LogP contribution in [0.3, 0.4) is 0 Å². The fraction of sp³-hybridized carbons (Fsp3) is 0.350. The molecule has 4 heterocycles. The van der Waals surface area contributed by atoms with Crippen molar-refractivity contribution in [1.29, 1.82) is 0 Å². The first kappa shape index (κ1) is 17.3. The van der Waals surface area contributed by atoms with Crippen molar-refractivity contribution in [2.75, 3.05) is 18.4 Å². The lowest BCUT2D eigenvalue weighted by atomic mass is 10.0. The van der Waals surface area contributed by atoms with Gasteiger partial charge in [0.2, 0.25) is 0 Å². The van der Waals surface area contributed by atoms with Crippen LogP contribution in [-0.4, -0.2) is 38.6 Å². The number of nitrogens with one attached hydrogen (secondary N) is 1. The quantitative estimate of drug-likeness (QED) is 0.752. The third-order valence-electron chi connectivity index (χ3n) is 4.87. The minimum atomic E-state index is -0.0795. The number of rotatable bonds is 5. The third kappa shape index (κ3) is 4.02. The Morgan fingerprint density at radius 3 is 3.00 bits per heavy atom. The van der Waals surface area contributed by atoms with Crippen molar-refractivity contribution in [1.82, 2.24) is 19.6 Å². The van der Waals surface area contributed by atoms with Crippen LogP contribution in [0.5, 0.6) is 0 Å². The van der Waals surface area contributed by atoms with E-state index in [1.54, 1.807) is 19.2 Å². The number of carbonyl (C=O) groups excluding carboxylic acids is 1. The van der Waals surface area contributed by atoms with Gasteiger partial charge in [-0.2, -0.15) is 0 Å².